The fourth-order valence-corrected chi connectivity index (χ4v) is 2.72. The highest BCUT2D eigenvalue weighted by Crippen LogP contribution is 2.27. The molecular formula is C14H19NO7S. The second-order valence-electron chi connectivity index (χ2n) is 4.72. The highest BCUT2D eigenvalue weighted by Gasteiger charge is 2.25. The lowest BCUT2D eigenvalue weighted by Gasteiger charge is -2.16. The third kappa shape index (κ3) is 4.20. The van der Waals surface area contributed by atoms with Gasteiger partial charge in [-0.15, -0.1) is 0 Å². The normalized spacial score (nSPS) is 12.6. The predicted molar refractivity (Wildman–Crippen MR) is 80.8 cm³/mol. The maximum Gasteiger partial charge on any atom is 0.346 e. The predicted octanol–water partition coefficient (Wildman–Crippen LogP) is 0.664. The molecule has 9 heteroatoms. The minimum absolute atomic E-state index is 0.0259. The topological polar surface area (TPSA) is 99.2 Å². The van der Waals surface area contributed by atoms with Crippen molar-refractivity contribution in [1.29, 1.82) is 0 Å². The molecule has 0 aliphatic carbocycles. The van der Waals surface area contributed by atoms with E-state index in [9.17, 15) is 18.0 Å². The lowest BCUT2D eigenvalue weighted by Crippen LogP contribution is -2.26. The van der Waals surface area contributed by atoms with Gasteiger partial charge >= 0.3 is 11.9 Å². The summed E-state index contributed by atoms with van der Waals surface area (Å²) >= 11 is 0. The molecule has 0 fully saturated rings. The van der Waals surface area contributed by atoms with Crippen molar-refractivity contribution in [3.8, 4) is 5.75 Å². The lowest BCUT2D eigenvalue weighted by molar-refractivity contribution is -0.149. The van der Waals surface area contributed by atoms with Crippen LogP contribution in [0.5, 0.6) is 5.75 Å². The van der Waals surface area contributed by atoms with Gasteiger partial charge in [0.25, 0.3) is 0 Å². The van der Waals surface area contributed by atoms with Crippen molar-refractivity contribution in [3.63, 3.8) is 0 Å². The van der Waals surface area contributed by atoms with Gasteiger partial charge in [0.2, 0.25) is 10.0 Å². The number of nitrogens with zero attached hydrogens (tertiary/aromatic N) is 1. The van der Waals surface area contributed by atoms with Gasteiger partial charge in [0.1, 0.15) is 10.6 Å². The van der Waals surface area contributed by atoms with E-state index in [4.69, 9.17) is 9.47 Å². The molecule has 0 aromatic heterocycles. The largest absolute Gasteiger partial charge is 0.495 e. The number of carbonyl (C=O) groups excluding carboxylic acids is 2. The summed E-state index contributed by atoms with van der Waals surface area (Å²) < 4.78 is 40.0. The summed E-state index contributed by atoms with van der Waals surface area (Å²) in [7, 11) is 1.39. The summed E-state index contributed by atoms with van der Waals surface area (Å²) in [4.78, 5) is 23.1. The van der Waals surface area contributed by atoms with E-state index in [0.29, 0.717) is 0 Å². The molecule has 0 saturated carbocycles. The molecule has 8 nitrogen and oxygen atoms in total. The van der Waals surface area contributed by atoms with Crippen LogP contribution in [0.15, 0.2) is 23.1 Å². The van der Waals surface area contributed by atoms with Crippen LogP contribution in [0, 0.1) is 0 Å². The van der Waals surface area contributed by atoms with Crippen LogP contribution in [-0.4, -0.2) is 59.1 Å². The number of carbonyl (C=O) groups is 2. The molecular weight excluding hydrogens is 326 g/mol. The van der Waals surface area contributed by atoms with E-state index in [1.54, 1.807) is 0 Å². The zero-order valence-electron chi connectivity index (χ0n) is 13.5. The van der Waals surface area contributed by atoms with Gasteiger partial charge in [0.05, 0.1) is 19.8 Å². The number of sulfonamides is 1. The van der Waals surface area contributed by atoms with Crippen LogP contribution < -0.4 is 4.74 Å². The zero-order chi connectivity index (χ0) is 17.8. The fourth-order valence-electron chi connectivity index (χ4n) is 1.64. The number of methoxy groups -OCH3 is 2. The monoisotopic (exact) mass is 345 g/mol. The third-order valence-electron chi connectivity index (χ3n) is 2.97. The quantitative estimate of drug-likeness (QED) is 0.698. The first-order chi connectivity index (χ1) is 10.6. The first kappa shape index (κ1) is 18.9. The van der Waals surface area contributed by atoms with Crippen molar-refractivity contribution in [1.82, 2.24) is 4.31 Å². The Balaban J connectivity index is 3.21. The fraction of sp³-hybridized carbons (Fsp3) is 0.429. The second kappa shape index (κ2) is 7.42. The number of hydrogen-bond acceptors (Lipinski definition) is 7. The van der Waals surface area contributed by atoms with Crippen molar-refractivity contribution < 1.29 is 32.2 Å². The van der Waals surface area contributed by atoms with E-state index in [-0.39, 0.29) is 16.2 Å². The molecule has 1 rings (SSSR count). The van der Waals surface area contributed by atoms with Gasteiger partial charge in [0.15, 0.2) is 6.10 Å². The van der Waals surface area contributed by atoms with Gasteiger partial charge in [-0.25, -0.2) is 22.3 Å². The van der Waals surface area contributed by atoms with Gasteiger partial charge < -0.3 is 14.2 Å². The van der Waals surface area contributed by atoms with E-state index < -0.39 is 28.1 Å². The SMILES string of the molecule is COC(=O)C(C)OC(=O)c1ccc(OC)c(S(=O)(=O)N(C)C)c1. The van der Waals surface area contributed by atoms with Crippen molar-refractivity contribution in [2.45, 2.75) is 17.9 Å². The number of rotatable bonds is 6. The van der Waals surface area contributed by atoms with Crippen LogP contribution in [0.1, 0.15) is 17.3 Å². The molecule has 0 spiro atoms. The molecule has 0 heterocycles. The number of esters is 2. The molecule has 0 radical (unpaired) electrons. The van der Waals surface area contributed by atoms with Crippen LogP contribution >= 0.6 is 0 Å². The Morgan fingerprint density at radius 3 is 2.26 bits per heavy atom. The van der Waals surface area contributed by atoms with Crippen molar-refractivity contribution in [2.24, 2.45) is 0 Å². The molecule has 1 unspecified atom stereocenters. The molecule has 0 amide bonds. The molecule has 0 bridgehead atoms. The summed E-state index contributed by atoms with van der Waals surface area (Å²) in [5.41, 5.74) is -0.0259. The van der Waals surface area contributed by atoms with E-state index >= 15 is 0 Å². The summed E-state index contributed by atoms with van der Waals surface area (Å²) in [6, 6.07) is 3.83. The Morgan fingerprint density at radius 1 is 1.17 bits per heavy atom. The van der Waals surface area contributed by atoms with Crippen LogP contribution in [0.4, 0.5) is 0 Å². The van der Waals surface area contributed by atoms with Gasteiger partial charge in [-0.3, -0.25) is 0 Å². The number of ether oxygens (including phenoxy) is 3. The Labute approximate surface area is 135 Å². The maximum absolute atomic E-state index is 12.3. The molecule has 0 aliphatic heterocycles. The summed E-state index contributed by atoms with van der Waals surface area (Å²) in [5, 5.41) is 0. The van der Waals surface area contributed by atoms with Crippen LogP contribution in [0.25, 0.3) is 0 Å². The summed E-state index contributed by atoms with van der Waals surface area (Å²) in [5.74, 6) is -1.47. The van der Waals surface area contributed by atoms with Gasteiger partial charge in [-0.2, -0.15) is 0 Å². The van der Waals surface area contributed by atoms with E-state index in [1.807, 2.05) is 0 Å². The molecule has 128 valence electrons. The Bertz CT molecular complexity index is 697. The van der Waals surface area contributed by atoms with E-state index in [0.717, 1.165) is 10.4 Å². The smallest absolute Gasteiger partial charge is 0.346 e. The van der Waals surface area contributed by atoms with Crippen LogP contribution in [0.3, 0.4) is 0 Å². The highest BCUT2D eigenvalue weighted by molar-refractivity contribution is 7.89. The summed E-state index contributed by atoms with van der Waals surface area (Å²) in [6.07, 6.45) is -1.11. The minimum Gasteiger partial charge on any atom is -0.495 e. The van der Waals surface area contributed by atoms with Gasteiger partial charge in [0, 0.05) is 14.1 Å². The summed E-state index contributed by atoms with van der Waals surface area (Å²) in [6.45, 7) is 1.35. The van der Waals surface area contributed by atoms with Crippen molar-refractivity contribution in [2.75, 3.05) is 28.3 Å². The Morgan fingerprint density at radius 2 is 1.78 bits per heavy atom. The average Bonchev–Trinajstić information content (AvgIpc) is 2.52. The molecule has 1 atom stereocenters. The number of benzene rings is 1. The minimum atomic E-state index is -3.82. The maximum atomic E-state index is 12.3. The highest BCUT2D eigenvalue weighted by atomic mass is 32.2. The molecule has 0 aliphatic rings. The first-order valence-electron chi connectivity index (χ1n) is 6.54. The van der Waals surface area contributed by atoms with Crippen molar-refractivity contribution >= 4 is 22.0 Å². The molecule has 1 aromatic rings. The Hall–Kier alpha value is -2.13. The van der Waals surface area contributed by atoms with Gasteiger partial charge in [-0.05, 0) is 25.1 Å². The molecule has 23 heavy (non-hydrogen) atoms. The zero-order valence-corrected chi connectivity index (χ0v) is 14.3. The van der Waals surface area contributed by atoms with Gasteiger partial charge in [-0.1, -0.05) is 0 Å². The van der Waals surface area contributed by atoms with E-state index in [2.05, 4.69) is 4.74 Å². The Kier molecular flexibility index (Phi) is 6.11. The number of hydrogen-bond donors (Lipinski definition) is 0. The first-order valence-corrected chi connectivity index (χ1v) is 7.98. The van der Waals surface area contributed by atoms with Crippen molar-refractivity contribution in [3.05, 3.63) is 23.8 Å². The van der Waals surface area contributed by atoms with Crippen LogP contribution in [0.2, 0.25) is 0 Å². The second-order valence-corrected chi connectivity index (χ2v) is 6.84. The molecule has 1 aromatic carbocycles. The molecule has 0 saturated heterocycles. The van der Waals surface area contributed by atoms with Crippen LogP contribution in [-0.2, 0) is 24.3 Å². The third-order valence-corrected chi connectivity index (χ3v) is 4.81. The molecule has 0 N–H and O–H groups in total. The standard InChI is InChI=1S/C14H19NO7S/c1-9(13(16)21-5)22-14(17)10-6-7-11(20-4)12(8-10)23(18,19)15(2)3/h6-9H,1-5H3. The lowest BCUT2D eigenvalue weighted by atomic mass is 10.2. The average molecular weight is 345 g/mol. The van der Waals surface area contributed by atoms with E-state index in [1.165, 1.54) is 47.4 Å².